The van der Waals surface area contributed by atoms with Crippen LogP contribution >= 0.6 is 0 Å². The van der Waals surface area contributed by atoms with Gasteiger partial charge in [-0.1, -0.05) is 30.3 Å². The maximum absolute atomic E-state index is 12.9. The molecule has 0 saturated carbocycles. The van der Waals surface area contributed by atoms with Gasteiger partial charge in [0.2, 0.25) is 10.0 Å². The van der Waals surface area contributed by atoms with E-state index in [1.807, 2.05) is 49.3 Å². The van der Waals surface area contributed by atoms with Crippen LogP contribution in [-0.4, -0.2) is 43.3 Å². The predicted octanol–water partition coefficient (Wildman–Crippen LogP) is 2.21. The van der Waals surface area contributed by atoms with E-state index >= 15 is 0 Å². The molecule has 24 heavy (non-hydrogen) atoms. The second-order valence-electron chi connectivity index (χ2n) is 6.21. The maximum Gasteiger partial charge on any atom is 0.218 e. The van der Waals surface area contributed by atoms with E-state index in [0.717, 1.165) is 29.9 Å². The van der Waals surface area contributed by atoms with E-state index in [-0.39, 0.29) is 11.8 Å². The molecule has 1 saturated heterocycles. The maximum atomic E-state index is 12.9. The Hall–Kier alpha value is -1.99. The number of anilines is 1. The number of hydrogen-bond donors (Lipinski definition) is 0. The van der Waals surface area contributed by atoms with Crippen LogP contribution in [0.3, 0.4) is 0 Å². The molecular weight excluding hydrogens is 324 g/mol. The van der Waals surface area contributed by atoms with Gasteiger partial charge in [0, 0.05) is 20.6 Å². The minimum atomic E-state index is -3.39. The number of benzene rings is 1. The van der Waals surface area contributed by atoms with Crippen LogP contribution in [0.25, 0.3) is 0 Å². The van der Waals surface area contributed by atoms with Crippen molar-refractivity contribution in [3.8, 4) is 0 Å². The fraction of sp³-hybridized carbons (Fsp3) is 0.412. The zero-order valence-corrected chi connectivity index (χ0v) is 14.8. The molecule has 1 aliphatic heterocycles. The molecule has 1 unspecified atom stereocenters. The standard InChI is InChI=1S/C17H22N4O2S/c1-20(2)17-12-18-11-15(19-17)16-9-6-10-21(16)24(22,23)13-14-7-4-3-5-8-14/h3-5,7-8,11-12,16H,6,9-10,13H2,1-2H3. The van der Waals surface area contributed by atoms with E-state index in [4.69, 9.17) is 0 Å². The first kappa shape index (κ1) is 16.9. The summed E-state index contributed by atoms with van der Waals surface area (Å²) in [6, 6.07) is 9.06. The van der Waals surface area contributed by atoms with Crippen LogP contribution in [0.5, 0.6) is 0 Å². The average Bonchev–Trinajstić information content (AvgIpc) is 3.06. The number of nitrogens with zero attached hydrogens (tertiary/aromatic N) is 4. The summed E-state index contributed by atoms with van der Waals surface area (Å²) < 4.78 is 27.3. The third kappa shape index (κ3) is 3.57. The van der Waals surface area contributed by atoms with Crippen molar-refractivity contribution in [3.05, 3.63) is 54.0 Å². The fourth-order valence-corrected chi connectivity index (χ4v) is 4.77. The van der Waals surface area contributed by atoms with Gasteiger partial charge in [0.15, 0.2) is 0 Å². The van der Waals surface area contributed by atoms with Gasteiger partial charge in [-0.3, -0.25) is 4.98 Å². The van der Waals surface area contributed by atoms with E-state index in [1.165, 1.54) is 0 Å². The zero-order valence-electron chi connectivity index (χ0n) is 14.0. The van der Waals surface area contributed by atoms with Crippen LogP contribution in [0.4, 0.5) is 5.82 Å². The first-order valence-electron chi connectivity index (χ1n) is 8.00. The van der Waals surface area contributed by atoms with E-state index in [2.05, 4.69) is 9.97 Å². The molecular formula is C17H22N4O2S. The van der Waals surface area contributed by atoms with E-state index < -0.39 is 10.0 Å². The lowest BCUT2D eigenvalue weighted by Gasteiger charge is -2.24. The van der Waals surface area contributed by atoms with Gasteiger partial charge in [0.1, 0.15) is 5.82 Å². The minimum Gasteiger partial charge on any atom is -0.361 e. The summed E-state index contributed by atoms with van der Waals surface area (Å²) in [5.41, 5.74) is 1.52. The molecule has 0 radical (unpaired) electrons. The Bertz CT molecular complexity index is 793. The second-order valence-corrected chi connectivity index (χ2v) is 8.13. The van der Waals surface area contributed by atoms with Crippen molar-refractivity contribution in [2.24, 2.45) is 0 Å². The summed E-state index contributed by atoms with van der Waals surface area (Å²) in [5.74, 6) is 0.755. The highest BCUT2D eigenvalue weighted by Gasteiger charge is 2.36. The molecule has 0 N–H and O–H groups in total. The van der Waals surface area contributed by atoms with Gasteiger partial charge in [-0.15, -0.1) is 0 Å². The molecule has 1 aromatic heterocycles. The lowest BCUT2D eigenvalue weighted by molar-refractivity contribution is 0.389. The molecule has 7 heteroatoms. The van der Waals surface area contributed by atoms with Gasteiger partial charge in [-0.05, 0) is 18.4 Å². The Labute approximate surface area is 143 Å². The topological polar surface area (TPSA) is 66.4 Å². The normalized spacial score (nSPS) is 18.7. The summed E-state index contributed by atoms with van der Waals surface area (Å²) in [5, 5.41) is 0. The zero-order chi connectivity index (χ0) is 17.2. The lowest BCUT2D eigenvalue weighted by atomic mass is 10.2. The molecule has 0 amide bonds. The highest BCUT2D eigenvalue weighted by molar-refractivity contribution is 7.88. The van der Waals surface area contributed by atoms with Gasteiger partial charge >= 0.3 is 0 Å². The van der Waals surface area contributed by atoms with Crippen LogP contribution in [0.1, 0.15) is 30.1 Å². The number of sulfonamides is 1. The Morgan fingerprint density at radius 3 is 2.67 bits per heavy atom. The van der Waals surface area contributed by atoms with E-state index in [9.17, 15) is 8.42 Å². The fourth-order valence-electron chi connectivity index (χ4n) is 2.98. The Morgan fingerprint density at radius 2 is 1.96 bits per heavy atom. The van der Waals surface area contributed by atoms with Crippen molar-refractivity contribution in [2.45, 2.75) is 24.6 Å². The van der Waals surface area contributed by atoms with Gasteiger partial charge in [0.25, 0.3) is 0 Å². The lowest BCUT2D eigenvalue weighted by Crippen LogP contribution is -2.32. The quantitative estimate of drug-likeness (QED) is 0.830. The summed E-state index contributed by atoms with van der Waals surface area (Å²) in [4.78, 5) is 10.7. The van der Waals surface area contributed by atoms with Gasteiger partial charge in [0.05, 0.1) is 29.9 Å². The van der Waals surface area contributed by atoms with Crippen molar-refractivity contribution in [1.82, 2.24) is 14.3 Å². The molecule has 1 aromatic carbocycles. The average molecular weight is 346 g/mol. The van der Waals surface area contributed by atoms with E-state index in [1.54, 1.807) is 16.7 Å². The van der Waals surface area contributed by atoms with Gasteiger partial charge in [-0.2, -0.15) is 4.31 Å². The van der Waals surface area contributed by atoms with Crippen LogP contribution in [0, 0.1) is 0 Å². The summed E-state index contributed by atoms with van der Waals surface area (Å²) in [7, 11) is 0.399. The van der Waals surface area contributed by atoms with Crippen molar-refractivity contribution < 1.29 is 8.42 Å². The second kappa shape index (κ2) is 6.86. The van der Waals surface area contributed by atoms with Gasteiger partial charge < -0.3 is 4.90 Å². The molecule has 128 valence electrons. The van der Waals surface area contributed by atoms with E-state index in [0.29, 0.717) is 6.54 Å². The third-order valence-electron chi connectivity index (χ3n) is 4.19. The molecule has 1 aliphatic rings. The van der Waals surface area contributed by atoms with Crippen LogP contribution in [-0.2, 0) is 15.8 Å². The van der Waals surface area contributed by atoms with Crippen molar-refractivity contribution in [3.63, 3.8) is 0 Å². The molecule has 2 aromatic rings. The monoisotopic (exact) mass is 346 g/mol. The highest BCUT2D eigenvalue weighted by Crippen LogP contribution is 2.34. The summed E-state index contributed by atoms with van der Waals surface area (Å²) >= 11 is 0. The molecule has 1 atom stereocenters. The van der Waals surface area contributed by atoms with Crippen molar-refractivity contribution in [1.29, 1.82) is 0 Å². The Balaban J connectivity index is 1.86. The van der Waals surface area contributed by atoms with Crippen LogP contribution < -0.4 is 4.90 Å². The molecule has 3 rings (SSSR count). The molecule has 6 nitrogen and oxygen atoms in total. The Morgan fingerprint density at radius 1 is 1.21 bits per heavy atom. The molecule has 2 heterocycles. The van der Waals surface area contributed by atoms with Crippen molar-refractivity contribution in [2.75, 3.05) is 25.5 Å². The predicted molar refractivity (Wildman–Crippen MR) is 94.1 cm³/mol. The first-order chi connectivity index (χ1) is 11.5. The Kier molecular flexibility index (Phi) is 4.82. The van der Waals surface area contributed by atoms with Crippen molar-refractivity contribution >= 4 is 15.8 Å². The summed E-state index contributed by atoms with van der Waals surface area (Å²) in [6.45, 7) is 0.535. The number of hydrogen-bond acceptors (Lipinski definition) is 5. The SMILES string of the molecule is CN(C)c1cncc(C2CCCN2S(=O)(=O)Cc2ccccc2)n1. The largest absolute Gasteiger partial charge is 0.361 e. The molecule has 1 fully saturated rings. The first-order valence-corrected chi connectivity index (χ1v) is 9.61. The van der Waals surface area contributed by atoms with Crippen LogP contribution in [0.2, 0.25) is 0 Å². The molecule has 0 bridgehead atoms. The molecule has 0 aliphatic carbocycles. The van der Waals surface area contributed by atoms with Gasteiger partial charge in [-0.25, -0.2) is 13.4 Å². The number of rotatable bonds is 5. The highest BCUT2D eigenvalue weighted by atomic mass is 32.2. The minimum absolute atomic E-state index is 0.0190. The third-order valence-corrected chi connectivity index (χ3v) is 6.04. The number of aromatic nitrogens is 2. The molecule has 0 spiro atoms. The summed E-state index contributed by atoms with van der Waals surface area (Å²) in [6.07, 6.45) is 4.97. The van der Waals surface area contributed by atoms with Crippen LogP contribution in [0.15, 0.2) is 42.7 Å². The smallest absolute Gasteiger partial charge is 0.218 e.